The summed E-state index contributed by atoms with van der Waals surface area (Å²) in [6.45, 7) is 0. The summed E-state index contributed by atoms with van der Waals surface area (Å²) in [6, 6.07) is 3.01. The molecule has 1 aliphatic rings. The van der Waals surface area contributed by atoms with Crippen LogP contribution in [0.15, 0.2) is 12.1 Å². The molecule has 194 valence electrons. The molecule has 0 saturated carbocycles. The van der Waals surface area contributed by atoms with Crippen molar-refractivity contribution in [3.05, 3.63) is 17.7 Å². The van der Waals surface area contributed by atoms with Gasteiger partial charge in [-0.3, -0.25) is 14.4 Å². The maximum Gasteiger partial charge on any atom is 0.335 e. The van der Waals surface area contributed by atoms with Crippen LogP contribution in [0.4, 0.5) is 0 Å². The molecule has 1 fully saturated rings. The molecule has 1 aromatic carbocycles. The zero-order chi connectivity index (χ0) is 26.3. The van der Waals surface area contributed by atoms with E-state index in [9.17, 15) is 34.5 Å². The lowest BCUT2D eigenvalue weighted by atomic mass is 9.71. The number of carboxylic acid groups (broad SMARTS) is 3. The predicted molar refractivity (Wildman–Crippen MR) is 121 cm³/mol. The molecule has 0 aromatic heterocycles. The van der Waals surface area contributed by atoms with Crippen molar-refractivity contribution in [3.63, 3.8) is 0 Å². The third-order valence-electron chi connectivity index (χ3n) is 5.75. The van der Waals surface area contributed by atoms with Crippen LogP contribution in [-0.4, -0.2) is 72.9 Å². The van der Waals surface area contributed by atoms with Crippen LogP contribution >= 0.6 is 15.9 Å². The molecule has 0 amide bonds. The molecule has 1 aromatic rings. The lowest BCUT2D eigenvalue weighted by Crippen LogP contribution is -2.54. The first-order chi connectivity index (χ1) is 16.6. The number of benzene rings is 1. The normalized spacial score (nSPS) is 23.7. The van der Waals surface area contributed by atoms with Gasteiger partial charge >= 0.3 is 23.9 Å². The van der Waals surface area contributed by atoms with Crippen LogP contribution in [0.1, 0.15) is 24.8 Å². The zero-order valence-corrected chi connectivity index (χ0v) is 20.8. The standard InChI is InChI=1S/C22H27BrO12/c1-31-15-4-10(5-16(32-2)14(15)9-23)34-22-13(8-19(28)29)11(6-17(24)25)12(7-18(26)27)20(35-22)21(30)33-3/h4-5,11-13,20,22H,6-9H2,1-3H3,(H,24,25)(H,26,27)(H,28,29)/t11-,12-,13+,20-,22+/m0/s1. The van der Waals surface area contributed by atoms with Crippen LogP contribution in [-0.2, 0) is 34.0 Å². The van der Waals surface area contributed by atoms with Crippen molar-refractivity contribution in [1.29, 1.82) is 0 Å². The van der Waals surface area contributed by atoms with Gasteiger partial charge in [0.25, 0.3) is 0 Å². The highest BCUT2D eigenvalue weighted by molar-refractivity contribution is 9.08. The van der Waals surface area contributed by atoms with Gasteiger partial charge in [-0.1, -0.05) is 15.9 Å². The molecule has 0 bridgehead atoms. The Hall–Kier alpha value is -3.06. The number of ether oxygens (including phenoxy) is 5. The van der Waals surface area contributed by atoms with Crippen LogP contribution in [0.2, 0.25) is 0 Å². The minimum atomic E-state index is -1.50. The topological polar surface area (TPSA) is 175 Å². The van der Waals surface area contributed by atoms with E-state index in [4.69, 9.17) is 23.7 Å². The monoisotopic (exact) mass is 562 g/mol. The van der Waals surface area contributed by atoms with Crippen molar-refractivity contribution in [3.8, 4) is 17.2 Å². The quantitative estimate of drug-likeness (QED) is 0.250. The second kappa shape index (κ2) is 12.6. The van der Waals surface area contributed by atoms with Crippen LogP contribution in [0.25, 0.3) is 0 Å². The van der Waals surface area contributed by atoms with Gasteiger partial charge in [-0.15, -0.1) is 0 Å². The Kier molecular flexibility index (Phi) is 10.1. The molecule has 0 aliphatic carbocycles. The number of carboxylic acids is 3. The smallest absolute Gasteiger partial charge is 0.335 e. The summed E-state index contributed by atoms with van der Waals surface area (Å²) < 4.78 is 27.2. The van der Waals surface area contributed by atoms with E-state index in [1.165, 1.54) is 26.4 Å². The van der Waals surface area contributed by atoms with Crippen LogP contribution < -0.4 is 14.2 Å². The van der Waals surface area contributed by atoms with E-state index in [0.29, 0.717) is 22.4 Å². The third kappa shape index (κ3) is 6.98. The number of methoxy groups -OCH3 is 3. The third-order valence-corrected chi connectivity index (χ3v) is 6.31. The molecule has 0 unspecified atom stereocenters. The summed E-state index contributed by atoms with van der Waals surface area (Å²) >= 11 is 3.34. The van der Waals surface area contributed by atoms with Gasteiger partial charge in [0.2, 0.25) is 6.29 Å². The average molecular weight is 563 g/mol. The highest BCUT2D eigenvalue weighted by Gasteiger charge is 2.51. The second-order valence-electron chi connectivity index (χ2n) is 7.79. The predicted octanol–water partition coefficient (Wildman–Crippen LogP) is 2.15. The average Bonchev–Trinajstić information content (AvgIpc) is 2.80. The fourth-order valence-electron chi connectivity index (χ4n) is 4.26. The Morgan fingerprint density at radius 2 is 1.34 bits per heavy atom. The molecule has 2 rings (SSSR count). The number of hydrogen-bond donors (Lipinski definition) is 3. The molecule has 0 radical (unpaired) electrons. The second-order valence-corrected chi connectivity index (χ2v) is 8.35. The highest BCUT2D eigenvalue weighted by Crippen LogP contribution is 2.44. The number of carbonyl (C=O) groups is 4. The van der Waals surface area contributed by atoms with Gasteiger partial charge in [0.05, 0.1) is 34.2 Å². The molecular formula is C22H27BrO12. The van der Waals surface area contributed by atoms with Crippen LogP contribution in [0, 0.1) is 17.8 Å². The van der Waals surface area contributed by atoms with Crippen molar-refractivity contribution >= 4 is 39.8 Å². The number of carbonyl (C=O) groups excluding carboxylic acids is 1. The van der Waals surface area contributed by atoms with Crippen molar-refractivity contribution in [2.24, 2.45) is 17.8 Å². The molecule has 0 spiro atoms. The molecule has 1 saturated heterocycles. The van der Waals surface area contributed by atoms with Crippen molar-refractivity contribution in [1.82, 2.24) is 0 Å². The summed E-state index contributed by atoms with van der Waals surface area (Å²) in [4.78, 5) is 47.3. The summed E-state index contributed by atoms with van der Waals surface area (Å²) in [5.74, 6) is -7.27. The van der Waals surface area contributed by atoms with Crippen molar-refractivity contribution < 1.29 is 58.2 Å². The molecule has 35 heavy (non-hydrogen) atoms. The number of aliphatic carboxylic acids is 3. The summed E-state index contributed by atoms with van der Waals surface area (Å²) in [5, 5.41) is 28.8. The molecule has 1 aliphatic heterocycles. The summed E-state index contributed by atoms with van der Waals surface area (Å²) in [5.41, 5.74) is 0.673. The first-order valence-electron chi connectivity index (χ1n) is 10.4. The van der Waals surface area contributed by atoms with E-state index in [0.717, 1.165) is 7.11 Å². The van der Waals surface area contributed by atoms with E-state index >= 15 is 0 Å². The molecule has 3 N–H and O–H groups in total. The Balaban J connectivity index is 2.58. The number of alkyl halides is 1. The highest BCUT2D eigenvalue weighted by atomic mass is 79.9. The Morgan fingerprint density at radius 1 is 0.857 bits per heavy atom. The number of esters is 1. The Bertz CT molecular complexity index is 923. The lowest BCUT2D eigenvalue weighted by Gasteiger charge is -2.44. The fourth-order valence-corrected chi connectivity index (χ4v) is 4.81. The minimum absolute atomic E-state index is 0.137. The zero-order valence-electron chi connectivity index (χ0n) is 19.3. The van der Waals surface area contributed by atoms with Crippen LogP contribution in [0.3, 0.4) is 0 Å². The Labute approximate surface area is 209 Å². The summed E-state index contributed by atoms with van der Waals surface area (Å²) in [7, 11) is 3.94. The van der Waals surface area contributed by atoms with Gasteiger partial charge in [0.1, 0.15) is 17.2 Å². The van der Waals surface area contributed by atoms with Gasteiger partial charge in [0, 0.05) is 41.3 Å². The molecule has 12 nitrogen and oxygen atoms in total. The van der Waals surface area contributed by atoms with E-state index in [-0.39, 0.29) is 5.75 Å². The van der Waals surface area contributed by atoms with Gasteiger partial charge in [-0.05, 0) is 5.92 Å². The number of rotatable bonds is 12. The number of hydrogen-bond acceptors (Lipinski definition) is 9. The SMILES string of the molecule is COC(=O)[C@H]1O[C@@H](Oc2cc(OC)c(CBr)c(OC)c2)[C@H](CC(=O)O)[C@@H](CC(=O)O)[C@@H]1CC(=O)O. The van der Waals surface area contributed by atoms with E-state index in [1.807, 2.05) is 0 Å². The van der Waals surface area contributed by atoms with Gasteiger partial charge in [0.15, 0.2) is 6.10 Å². The van der Waals surface area contributed by atoms with Gasteiger partial charge in [-0.2, -0.15) is 0 Å². The minimum Gasteiger partial charge on any atom is -0.496 e. The van der Waals surface area contributed by atoms with Crippen molar-refractivity contribution in [2.75, 3.05) is 21.3 Å². The maximum atomic E-state index is 12.5. The fraction of sp³-hybridized carbons (Fsp3) is 0.545. The van der Waals surface area contributed by atoms with Crippen molar-refractivity contribution in [2.45, 2.75) is 37.0 Å². The van der Waals surface area contributed by atoms with Gasteiger partial charge < -0.3 is 39.0 Å². The summed E-state index contributed by atoms with van der Waals surface area (Å²) in [6.07, 6.45) is -4.76. The molecular weight excluding hydrogens is 536 g/mol. The maximum absolute atomic E-state index is 12.5. The molecule has 1 heterocycles. The number of halogens is 1. The lowest BCUT2D eigenvalue weighted by molar-refractivity contribution is -0.233. The van der Waals surface area contributed by atoms with Crippen LogP contribution in [0.5, 0.6) is 17.2 Å². The molecule has 5 atom stereocenters. The largest absolute Gasteiger partial charge is 0.496 e. The van der Waals surface area contributed by atoms with E-state index in [2.05, 4.69) is 15.9 Å². The van der Waals surface area contributed by atoms with Gasteiger partial charge in [-0.25, -0.2) is 4.79 Å². The first kappa shape index (κ1) is 28.2. The van der Waals surface area contributed by atoms with E-state index in [1.54, 1.807) is 0 Å². The Morgan fingerprint density at radius 3 is 1.77 bits per heavy atom. The first-order valence-corrected chi connectivity index (χ1v) is 11.5. The molecule has 13 heteroatoms. The van der Waals surface area contributed by atoms with E-state index < -0.39 is 73.3 Å².